The van der Waals surface area contributed by atoms with Crippen molar-refractivity contribution in [2.24, 2.45) is 5.92 Å². The molecule has 1 saturated heterocycles. The molecule has 1 atom stereocenters. The Labute approximate surface area is 152 Å². The maximum atomic E-state index is 13.0. The topological polar surface area (TPSA) is 65.2 Å². The molecule has 4 rings (SSSR count). The molecule has 5 heteroatoms. The standard InChI is InChI=1S/C21H23N3O2/c1-2-22-20(25)15-7-5-11-24(13-15)21(26)19-12-17-16-8-4-3-6-14(16)9-10-18(17)23-19/h3-4,6,8-10,12,15,23H,2,5,7,11,13H2,1H3,(H,22,25)/t15-/m1/s1. The fraction of sp³-hybridized carbons (Fsp3) is 0.333. The van der Waals surface area contributed by atoms with Crippen LogP contribution in [0.25, 0.3) is 21.7 Å². The Morgan fingerprint density at radius 3 is 2.88 bits per heavy atom. The maximum Gasteiger partial charge on any atom is 0.270 e. The van der Waals surface area contributed by atoms with Crippen molar-refractivity contribution < 1.29 is 9.59 Å². The summed E-state index contributed by atoms with van der Waals surface area (Å²) in [4.78, 5) is 30.2. The van der Waals surface area contributed by atoms with Crippen molar-refractivity contribution in [3.8, 4) is 0 Å². The second kappa shape index (κ2) is 6.83. The molecule has 0 aliphatic carbocycles. The van der Waals surface area contributed by atoms with Crippen molar-refractivity contribution in [3.05, 3.63) is 48.2 Å². The van der Waals surface area contributed by atoms with Gasteiger partial charge in [0.2, 0.25) is 5.91 Å². The van der Waals surface area contributed by atoms with Crippen LogP contribution >= 0.6 is 0 Å². The second-order valence-electron chi connectivity index (χ2n) is 6.92. The van der Waals surface area contributed by atoms with Gasteiger partial charge in [-0.15, -0.1) is 0 Å². The third kappa shape index (κ3) is 2.94. The van der Waals surface area contributed by atoms with Crippen molar-refractivity contribution >= 4 is 33.5 Å². The summed E-state index contributed by atoms with van der Waals surface area (Å²) in [5.74, 6) is -0.0928. The first-order valence-corrected chi connectivity index (χ1v) is 9.25. The van der Waals surface area contributed by atoms with Gasteiger partial charge in [-0.2, -0.15) is 0 Å². The van der Waals surface area contributed by atoms with E-state index in [0.717, 1.165) is 34.5 Å². The molecule has 1 aliphatic rings. The number of amides is 2. The van der Waals surface area contributed by atoms with Gasteiger partial charge in [0.05, 0.1) is 5.92 Å². The highest BCUT2D eigenvalue weighted by atomic mass is 16.2. The Morgan fingerprint density at radius 2 is 2.04 bits per heavy atom. The van der Waals surface area contributed by atoms with Gasteiger partial charge in [-0.1, -0.05) is 30.3 Å². The predicted octanol–water partition coefficient (Wildman–Crippen LogP) is 3.31. The molecular weight excluding hydrogens is 326 g/mol. The Balaban J connectivity index is 1.61. The molecule has 2 N–H and O–H groups in total. The van der Waals surface area contributed by atoms with Crippen LogP contribution in [-0.2, 0) is 4.79 Å². The first-order chi connectivity index (χ1) is 12.7. The minimum Gasteiger partial charge on any atom is -0.356 e. The summed E-state index contributed by atoms with van der Waals surface area (Å²) in [6, 6.07) is 14.2. The zero-order valence-electron chi connectivity index (χ0n) is 14.9. The van der Waals surface area contributed by atoms with Gasteiger partial charge in [0, 0.05) is 30.5 Å². The molecule has 1 fully saturated rings. The molecule has 2 aromatic carbocycles. The minimum atomic E-state index is -0.113. The Bertz CT molecular complexity index is 976. The summed E-state index contributed by atoms with van der Waals surface area (Å²) >= 11 is 0. The molecule has 0 unspecified atom stereocenters. The molecule has 2 heterocycles. The molecule has 0 radical (unpaired) electrons. The van der Waals surface area contributed by atoms with Crippen LogP contribution in [0.2, 0.25) is 0 Å². The van der Waals surface area contributed by atoms with Gasteiger partial charge in [-0.3, -0.25) is 9.59 Å². The molecule has 134 valence electrons. The van der Waals surface area contributed by atoms with Gasteiger partial charge in [-0.25, -0.2) is 0 Å². The average molecular weight is 349 g/mol. The van der Waals surface area contributed by atoms with E-state index in [2.05, 4.69) is 28.5 Å². The number of carbonyl (C=O) groups is 2. The largest absolute Gasteiger partial charge is 0.356 e. The summed E-state index contributed by atoms with van der Waals surface area (Å²) in [5, 5.41) is 6.23. The lowest BCUT2D eigenvalue weighted by molar-refractivity contribution is -0.126. The molecule has 26 heavy (non-hydrogen) atoms. The van der Waals surface area contributed by atoms with E-state index < -0.39 is 0 Å². The van der Waals surface area contributed by atoms with Crippen molar-refractivity contribution in [1.29, 1.82) is 0 Å². The highest BCUT2D eigenvalue weighted by molar-refractivity contribution is 6.09. The fourth-order valence-electron chi connectivity index (χ4n) is 3.87. The van der Waals surface area contributed by atoms with Gasteiger partial charge in [0.1, 0.15) is 5.69 Å². The van der Waals surface area contributed by atoms with E-state index >= 15 is 0 Å². The molecule has 2 amide bonds. The summed E-state index contributed by atoms with van der Waals surface area (Å²) in [6.07, 6.45) is 1.70. The smallest absolute Gasteiger partial charge is 0.270 e. The summed E-state index contributed by atoms with van der Waals surface area (Å²) in [7, 11) is 0. The highest BCUT2D eigenvalue weighted by Crippen LogP contribution is 2.27. The third-order valence-electron chi connectivity index (χ3n) is 5.19. The van der Waals surface area contributed by atoms with Gasteiger partial charge >= 0.3 is 0 Å². The maximum absolute atomic E-state index is 13.0. The minimum absolute atomic E-state index is 0.0284. The number of benzene rings is 2. The van der Waals surface area contributed by atoms with Crippen LogP contribution in [0.15, 0.2) is 42.5 Å². The Kier molecular flexibility index (Phi) is 4.37. The SMILES string of the molecule is CCNC(=O)[C@@H]1CCCN(C(=O)c2cc3c(ccc4ccccc43)[nH]2)C1. The van der Waals surface area contributed by atoms with Crippen molar-refractivity contribution in [3.63, 3.8) is 0 Å². The first kappa shape index (κ1) is 16.6. The number of nitrogens with zero attached hydrogens (tertiary/aromatic N) is 1. The van der Waals surface area contributed by atoms with Crippen LogP contribution in [-0.4, -0.2) is 41.3 Å². The van der Waals surface area contributed by atoms with E-state index in [9.17, 15) is 9.59 Å². The number of likely N-dealkylation sites (tertiary alicyclic amines) is 1. The average Bonchev–Trinajstić information content (AvgIpc) is 3.12. The lowest BCUT2D eigenvalue weighted by Gasteiger charge is -2.31. The highest BCUT2D eigenvalue weighted by Gasteiger charge is 2.29. The van der Waals surface area contributed by atoms with E-state index in [1.807, 2.05) is 31.2 Å². The van der Waals surface area contributed by atoms with Gasteiger partial charge in [0.15, 0.2) is 0 Å². The van der Waals surface area contributed by atoms with Crippen molar-refractivity contribution in [1.82, 2.24) is 15.2 Å². The molecule has 0 spiro atoms. The van der Waals surface area contributed by atoms with E-state index in [0.29, 0.717) is 25.3 Å². The van der Waals surface area contributed by atoms with Crippen molar-refractivity contribution in [2.45, 2.75) is 19.8 Å². The molecular formula is C21H23N3O2. The fourth-order valence-corrected chi connectivity index (χ4v) is 3.87. The van der Waals surface area contributed by atoms with Crippen LogP contribution in [0.3, 0.4) is 0 Å². The van der Waals surface area contributed by atoms with Crippen LogP contribution in [0.5, 0.6) is 0 Å². The third-order valence-corrected chi connectivity index (χ3v) is 5.19. The number of hydrogen-bond acceptors (Lipinski definition) is 2. The van der Waals surface area contributed by atoms with E-state index in [1.165, 1.54) is 0 Å². The number of H-pyrrole nitrogens is 1. The molecule has 5 nitrogen and oxygen atoms in total. The Hall–Kier alpha value is -2.82. The molecule has 3 aromatic rings. The van der Waals surface area contributed by atoms with Gasteiger partial charge in [-0.05, 0) is 42.7 Å². The molecule has 0 bridgehead atoms. The number of piperidine rings is 1. The number of fused-ring (bicyclic) bond motifs is 3. The van der Waals surface area contributed by atoms with E-state index in [-0.39, 0.29) is 17.7 Å². The number of aromatic amines is 1. The second-order valence-corrected chi connectivity index (χ2v) is 6.92. The lowest BCUT2D eigenvalue weighted by Crippen LogP contribution is -2.45. The number of nitrogens with one attached hydrogen (secondary N) is 2. The van der Waals surface area contributed by atoms with Crippen molar-refractivity contribution in [2.75, 3.05) is 19.6 Å². The molecule has 0 saturated carbocycles. The van der Waals surface area contributed by atoms with E-state index in [4.69, 9.17) is 0 Å². The Morgan fingerprint density at radius 1 is 1.19 bits per heavy atom. The monoisotopic (exact) mass is 349 g/mol. The number of hydrogen-bond donors (Lipinski definition) is 2. The summed E-state index contributed by atoms with van der Waals surface area (Å²) in [5.41, 5.74) is 1.55. The van der Waals surface area contributed by atoms with E-state index in [1.54, 1.807) is 4.90 Å². The van der Waals surface area contributed by atoms with Crippen LogP contribution in [0.4, 0.5) is 0 Å². The van der Waals surface area contributed by atoms with Gasteiger partial charge < -0.3 is 15.2 Å². The van der Waals surface area contributed by atoms with Gasteiger partial charge in [0.25, 0.3) is 5.91 Å². The quantitative estimate of drug-likeness (QED) is 0.762. The number of aromatic nitrogens is 1. The zero-order chi connectivity index (χ0) is 18.1. The number of rotatable bonds is 3. The zero-order valence-corrected chi connectivity index (χ0v) is 14.9. The molecule has 1 aromatic heterocycles. The summed E-state index contributed by atoms with van der Waals surface area (Å²) < 4.78 is 0. The predicted molar refractivity (Wildman–Crippen MR) is 103 cm³/mol. The van der Waals surface area contributed by atoms with Crippen LogP contribution < -0.4 is 5.32 Å². The van der Waals surface area contributed by atoms with Crippen LogP contribution in [0.1, 0.15) is 30.3 Å². The first-order valence-electron chi connectivity index (χ1n) is 9.25. The number of carbonyl (C=O) groups excluding carboxylic acids is 2. The van der Waals surface area contributed by atoms with Crippen LogP contribution in [0, 0.1) is 5.92 Å². The summed E-state index contributed by atoms with van der Waals surface area (Å²) in [6.45, 7) is 3.72. The molecule has 1 aliphatic heterocycles. The lowest BCUT2D eigenvalue weighted by atomic mass is 9.97. The normalized spacial score (nSPS) is 17.6.